The predicted molar refractivity (Wildman–Crippen MR) is 70.4 cm³/mol. The standard InChI is InChI=1S/C12H8ClN3OS/c13-12-2-1-8(18-12)5-11(17)9-6-15-16-4-3-14-7-10(9)16/h1-4,6-7H,5H2. The van der Waals surface area contributed by atoms with Crippen LogP contribution in [0.25, 0.3) is 5.52 Å². The Balaban J connectivity index is 1.92. The molecule has 0 aliphatic heterocycles. The van der Waals surface area contributed by atoms with Gasteiger partial charge in [-0.2, -0.15) is 5.10 Å². The summed E-state index contributed by atoms with van der Waals surface area (Å²) in [4.78, 5) is 17.1. The molecule has 0 saturated carbocycles. The quantitative estimate of drug-likeness (QED) is 0.692. The minimum atomic E-state index is 0.0246. The lowest BCUT2D eigenvalue weighted by Crippen LogP contribution is -2.01. The van der Waals surface area contributed by atoms with Crippen LogP contribution in [0, 0.1) is 0 Å². The maximum absolute atomic E-state index is 12.2. The van der Waals surface area contributed by atoms with Gasteiger partial charge in [0.25, 0.3) is 0 Å². The minimum absolute atomic E-state index is 0.0246. The Hall–Kier alpha value is -1.72. The van der Waals surface area contributed by atoms with Gasteiger partial charge < -0.3 is 0 Å². The van der Waals surface area contributed by atoms with Crippen molar-refractivity contribution in [3.8, 4) is 0 Å². The predicted octanol–water partition coefficient (Wildman–Crippen LogP) is 2.87. The highest BCUT2D eigenvalue weighted by atomic mass is 35.5. The van der Waals surface area contributed by atoms with Gasteiger partial charge in [0.15, 0.2) is 5.78 Å². The van der Waals surface area contributed by atoms with Crippen LogP contribution in [0.1, 0.15) is 15.2 Å². The average molecular weight is 278 g/mol. The zero-order chi connectivity index (χ0) is 12.5. The van der Waals surface area contributed by atoms with Gasteiger partial charge >= 0.3 is 0 Å². The van der Waals surface area contributed by atoms with Crippen LogP contribution >= 0.6 is 22.9 Å². The van der Waals surface area contributed by atoms with E-state index in [-0.39, 0.29) is 5.78 Å². The highest BCUT2D eigenvalue weighted by molar-refractivity contribution is 7.16. The molecule has 3 aromatic heterocycles. The van der Waals surface area contributed by atoms with E-state index in [9.17, 15) is 4.79 Å². The summed E-state index contributed by atoms with van der Waals surface area (Å²) < 4.78 is 2.33. The third-order valence-corrected chi connectivity index (χ3v) is 3.82. The Morgan fingerprint density at radius 1 is 1.39 bits per heavy atom. The molecule has 0 saturated heterocycles. The van der Waals surface area contributed by atoms with Crippen LogP contribution < -0.4 is 0 Å². The first-order valence-electron chi connectivity index (χ1n) is 5.29. The monoisotopic (exact) mass is 277 g/mol. The summed E-state index contributed by atoms with van der Waals surface area (Å²) in [6, 6.07) is 3.67. The van der Waals surface area contributed by atoms with Gasteiger partial charge in [0.2, 0.25) is 0 Å². The van der Waals surface area contributed by atoms with Crippen molar-refractivity contribution < 1.29 is 4.79 Å². The number of hydrogen-bond acceptors (Lipinski definition) is 4. The first-order valence-corrected chi connectivity index (χ1v) is 6.48. The highest BCUT2D eigenvalue weighted by Crippen LogP contribution is 2.23. The van der Waals surface area contributed by atoms with E-state index in [0.717, 1.165) is 10.4 Å². The number of nitrogens with zero attached hydrogens (tertiary/aromatic N) is 3. The highest BCUT2D eigenvalue weighted by Gasteiger charge is 2.14. The molecule has 3 heterocycles. The number of carbonyl (C=O) groups excluding carboxylic acids is 1. The normalized spacial score (nSPS) is 10.9. The number of thiophene rings is 1. The fraction of sp³-hybridized carbons (Fsp3) is 0.0833. The average Bonchev–Trinajstić information content (AvgIpc) is 2.95. The van der Waals surface area contributed by atoms with Crippen molar-refractivity contribution in [2.24, 2.45) is 0 Å². The van der Waals surface area contributed by atoms with Crippen LogP contribution in [0.3, 0.4) is 0 Å². The second-order valence-corrected chi connectivity index (χ2v) is 5.57. The zero-order valence-corrected chi connectivity index (χ0v) is 10.8. The van der Waals surface area contributed by atoms with Crippen LogP contribution in [0.5, 0.6) is 0 Å². The molecule has 0 radical (unpaired) electrons. The lowest BCUT2D eigenvalue weighted by Gasteiger charge is -1.96. The second kappa shape index (κ2) is 4.51. The number of Topliss-reactive ketones (excluding diaryl/α,β-unsaturated/α-hetero) is 1. The van der Waals surface area contributed by atoms with Gasteiger partial charge in [0.05, 0.1) is 27.8 Å². The Labute approximate surface area is 112 Å². The van der Waals surface area contributed by atoms with E-state index in [4.69, 9.17) is 11.6 Å². The number of rotatable bonds is 3. The van der Waals surface area contributed by atoms with E-state index >= 15 is 0 Å². The Bertz CT molecular complexity index is 719. The molecule has 0 amide bonds. The number of aromatic nitrogens is 3. The fourth-order valence-corrected chi connectivity index (χ4v) is 2.84. The molecule has 0 bridgehead atoms. The molecule has 0 N–H and O–H groups in total. The molecule has 6 heteroatoms. The molecule has 0 unspecified atom stereocenters. The third-order valence-electron chi connectivity index (χ3n) is 2.59. The van der Waals surface area contributed by atoms with Crippen molar-refractivity contribution in [1.82, 2.24) is 14.6 Å². The van der Waals surface area contributed by atoms with Crippen molar-refractivity contribution in [3.63, 3.8) is 0 Å². The van der Waals surface area contributed by atoms with E-state index in [0.29, 0.717) is 16.3 Å². The molecule has 0 aliphatic carbocycles. The largest absolute Gasteiger partial charge is 0.294 e. The molecule has 0 aromatic carbocycles. The van der Waals surface area contributed by atoms with Gasteiger partial charge in [-0.3, -0.25) is 9.78 Å². The molecule has 0 atom stereocenters. The third kappa shape index (κ3) is 2.02. The van der Waals surface area contributed by atoms with Gasteiger partial charge in [-0.05, 0) is 12.1 Å². The summed E-state index contributed by atoms with van der Waals surface area (Å²) in [6.07, 6.45) is 6.91. The van der Waals surface area contributed by atoms with E-state index in [1.54, 1.807) is 35.4 Å². The summed E-state index contributed by atoms with van der Waals surface area (Å²) in [7, 11) is 0. The van der Waals surface area contributed by atoms with Gasteiger partial charge in [-0.15, -0.1) is 11.3 Å². The number of halogens is 1. The van der Waals surface area contributed by atoms with Gasteiger partial charge in [-0.25, -0.2) is 4.52 Å². The number of hydrogen-bond donors (Lipinski definition) is 0. The first-order chi connectivity index (χ1) is 8.74. The molecule has 0 spiro atoms. The summed E-state index contributed by atoms with van der Waals surface area (Å²) in [5.74, 6) is 0.0246. The zero-order valence-electron chi connectivity index (χ0n) is 9.21. The molecular weight excluding hydrogens is 270 g/mol. The number of carbonyl (C=O) groups is 1. The smallest absolute Gasteiger partial charge is 0.171 e. The molecular formula is C12H8ClN3OS. The van der Waals surface area contributed by atoms with Crippen LogP contribution in [0.15, 0.2) is 36.9 Å². The Morgan fingerprint density at radius 2 is 2.28 bits per heavy atom. The van der Waals surface area contributed by atoms with Crippen molar-refractivity contribution in [2.75, 3.05) is 0 Å². The Morgan fingerprint density at radius 3 is 3.06 bits per heavy atom. The van der Waals surface area contributed by atoms with Crippen LogP contribution in [0.4, 0.5) is 0 Å². The molecule has 3 rings (SSSR count). The minimum Gasteiger partial charge on any atom is -0.294 e. The summed E-state index contributed by atoms with van der Waals surface area (Å²) in [5, 5.41) is 4.12. The van der Waals surface area contributed by atoms with Gasteiger partial charge in [0.1, 0.15) is 0 Å². The molecule has 0 fully saturated rings. The lowest BCUT2D eigenvalue weighted by molar-refractivity contribution is 0.0995. The van der Waals surface area contributed by atoms with E-state index in [1.807, 2.05) is 6.07 Å². The van der Waals surface area contributed by atoms with Crippen LogP contribution in [-0.2, 0) is 6.42 Å². The molecule has 90 valence electrons. The van der Waals surface area contributed by atoms with E-state index in [2.05, 4.69) is 10.1 Å². The SMILES string of the molecule is O=C(Cc1ccc(Cl)s1)c1cnn2ccncc12. The van der Waals surface area contributed by atoms with Crippen molar-refractivity contribution in [3.05, 3.63) is 51.7 Å². The van der Waals surface area contributed by atoms with Crippen molar-refractivity contribution in [2.45, 2.75) is 6.42 Å². The summed E-state index contributed by atoms with van der Waals surface area (Å²) >= 11 is 7.27. The maximum Gasteiger partial charge on any atom is 0.171 e. The Kier molecular flexibility index (Phi) is 2.85. The topological polar surface area (TPSA) is 47.3 Å². The molecule has 4 nitrogen and oxygen atoms in total. The number of ketones is 1. The molecule has 18 heavy (non-hydrogen) atoms. The van der Waals surface area contributed by atoms with Crippen LogP contribution in [-0.4, -0.2) is 20.4 Å². The summed E-state index contributed by atoms with van der Waals surface area (Å²) in [5.41, 5.74) is 1.32. The first kappa shape index (κ1) is 11.4. The van der Waals surface area contributed by atoms with Gasteiger partial charge in [-0.1, -0.05) is 11.6 Å². The molecule has 0 aliphatic rings. The van der Waals surface area contributed by atoms with Gasteiger partial charge in [0, 0.05) is 23.7 Å². The number of fused-ring (bicyclic) bond motifs is 1. The second-order valence-electron chi connectivity index (χ2n) is 3.77. The van der Waals surface area contributed by atoms with Crippen molar-refractivity contribution in [1.29, 1.82) is 0 Å². The van der Waals surface area contributed by atoms with Crippen LogP contribution in [0.2, 0.25) is 4.34 Å². The fourth-order valence-electron chi connectivity index (χ4n) is 1.75. The molecule has 3 aromatic rings. The maximum atomic E-state index is 12.2. The van der Waals surface area contributed by atoms with Crippen molar-refractivity contribution >= 4 is 34.2 Å². The van der Waals surface area contributed by atoms with E-state index in [1.165, 1.54) is 11.3 Å². The van der Waals surface area contributed by atoms with E-state index < -0.39 is 0 Å². The summed E-state index contributed by atoms with van der Waals surface area (Å²) in [6.45, 7) is 0. The lowest BCUT2D eigenvalue weighted by atomic mass is 10.1.